The van der Waals surface area contributed by atoms with Crippen molar-refractivity contribution >= 4 is 12.3 Å². The predicted molar refractivity (Wildman–Crippen MR) is 263 cm³/mol. The van der Waals surface area contributed by atoms with Crippen molar-refractivity contribution < 1.29 is 119 Å². The fraction of sp³-hybridized carbons (Fsp3) is 0.926. The molecule has 446 valence electrons. The van der Waals surface area contributed by atoms with Gasteiger partial charge in [-0.3, -0.25) is 4.79 Å². The van der Waals surface area contributed by atoms with Crippen molar-refractivity contribution in [3.63, 3.8) is 0 Å². The smallest absolute Gasteiger partial charge is 0.315 e. The summed E-state index contributed by atoms with van der Waals surface area (Å²) >= 11 is 0. The summed E-state index contributed by atoms with van der Waals surface area (Å²) in [5.74, 6) is -0.836. The molecule has 8 fully saturated rings. The quantitative estimate of drug-likeness (QED) is 0.0501. The topological polar surface area (TPSA) is 391 Å². The van der Waals surface area contributed by atoms with E-state index < -0.39 is 172 Å². The van der Waals surface area contributed by atoms with Crippen LogP contribution in [0.3, 0.4) is 0 Å². The second-order valence-corrected chi connectivity index (χ2v) is 26.0. The Bertz CT molecular complexity index is 2170. The van der Waals surface area contributed by atoms with Crippen molar-refractivity contribution in [2.45, 2.75) is 235 Å². The number of ether oxygens (including phenoxy) is 8. The zero-order valence-corrected chi connectivity index (χ0v) is 45.3. The van der Waals surface area contributed by atoms with Gasteiger partial charge in [0.1, 0.15) is 104 Å². The molecule has 0 aromatic carbocycles. The third-order valence-corrected chi connectivity index (χ3v) is 21.4. The Labute approximate surface area is 453 Å². The molecule has 29 atom stereocenters. The van der Waals surface area contributed by atoms with Crippen LogP contribution >= 0.6 is 0 Å². The normalized spacial score (nSPS) is 54.1. The summed E-state index contributed by atoms with van der Waals surface area (Å²) in [5, 5.41) is 151. The number of rotatable bonds is 13. The first kappa shape index (κ1) is 60.6. The lowest BCUT2D eigenvalue weighted by Crippen LogP contribution is -2.66. The van der Waals surface area contributed by atoms with Gasteiger partial charge in [-0.25, -0.2) is 0 Å². The zero-order chi connectivity index (χ0) is 57.0. The van der Waals surface area contributed by atoms with E-state index in [0.29, 0.717) is 44.9 Å². The number of aldehydes is 1. The molecule has 4 saturated heterocycles. The zero-order valence-electron chi connectivity index (χ0n) is 45.3. The minimum atomic E-state index is -2.04. The Morgan fingerprint density at radius 3 is 1.67 bits per heavy atom. The maximum Gasteiger partial charge on any atom is 0.315 e. The average Bonchev–Trinajstić information content (AvgIpc) is 3.15. The van der Waals surface area contributed by atoms with Crippen LogP contribution in [0, 0.1) is 50.2 Å². The fourth-order valence-corrected chi connectivity index (χ4v) is 16.1. The van der Waals surface area contributed by atoms with Gasteiger partial charge < -0.3 is 114 Å². The van der Waals surface area contributed by atoms with Crippen LogP contribution in [0.4, 0.5) is 0 Å². The summed E-state index contributed by atoms with van der Waals surface area (Å²) in [7, 11) is 0. The van der Waals surface area contributed by atoms with E-state index >= 15 is 4.79 Å². The molecular weight excluding hydrogens is 1030 g/mol. The minimum Gasteiger partial charge on any atom is -0.432 e. The summed E-state index contributed by atoms with van der Waals surface area (Å²) in [6, 6.07) is 0. The van der Waals surface area contributed by atoms with E-state index in [-0.39, 0.29) is 39.4 Å². The van der Waals surface area contributed by atoms with Crippen LogP contribution in [0.5, 0.6) is 0 Å². The standard InChI is InChI=1S/C54H86O24/c1-49(2)13-15-54(16-14-52(5)23(24(54)17-49)7-8-30-50(3)11-10-31(58)51(4,22-57)29(50)9-12-53(30,52)6)48(70)78-47-42(69)43(77-46-41(68)37(64)33(60)26(19-56)74-46)35(62)28(76-47)21-72-45-40(67)38(65)34(61)27(75-45)20-71-44-39(66)36(63)32(59)25(18-55)73-44/h7,22,24-47,55-56,58-69H,8-21H2,1-6H3/t24-,25+,26+,27+,28+,29+,30+,31-,32-,33+,34+,35+,36-,37-,38-,39+,40+,41+,42+,43-,44-,45+,46-,47-,50-,51-,52+,53+,54-/m0/s1. The first-order valence-electron chi connectivity index (χ1n) is 27.8. The molecule has 0 unspecified atom stereocenters. The van der Waals surface area contributed by atoms with E-state index in [1.54, 1.807) is 0 Å². The highest BCUT2D eigenvalue weighted by atomic mass is 16.8. The first-order valence-corrected chi connectivity index (χ1v) is 27.8. The molecule has 0 radical (unpaired) electrons. The molecule has 14 N–H and O–H groups in total. The predicted octanol–water partition coefficient (Wildman–Crippen LogP) is -2.86. The molecule has 0 aromatic heterocycles. The van der Waals surface area contributed by atoms with Gasteiger partial charge in [0, 0.05) is 0 Å². The fourth-order valence-electron chi connectivity index (χ4n) is 16.1. The molecular formula is C54H86O24. The molecule has 5 aliphatic carbocycles. The van der Waals surface area contributed by atoms with Crippen LogP contribution in [0.25, 0.3) is 0 Å². The number of hydrogen-bond acceptors (Lipinski definition) is 24. The van der Waals surface area contributed by atoms with E-state index in [1.165, 1.54) is 5.57 Å². The molecule has 4 heterocycles. The van der Waals surface area contributed by atoms with Crippen LogP contribution in [0.1, 0.15) is 106 Å². The van der Waals surface area contributed by atoms with Gasteiger partial charge in [0.05, 0.1) is 43.4 Å². The average molecular weight is 1120 g/mol. The Hall–Kier alpha value is -1.96. The molecule has 0 spiro atoms. The van der Waals surface area contributed by atoms with Gasteiger partial charge in [0.25, 0.3) is 0 Å². The number of fused-ring (bicyclic) bond motifs is 7. The van der Waals surface area contributed by atoms with Gasteiger partial charge in [-0.2, -0.15) is 0 Å². The third kappa shape index (κ3) is 9.87. The first-order chi connectivity index (χ1) is 36.6. The van der Waals surface area contributed by atoms with Gasteiger partial charge in [-0.15, -0.1) is 0 Å². The van der Waals surface area contributed by atoms with Crippen LogP contribution in [0.2, 0.25) is 0 Å². The van der Waals surface area contributed by atoms with Crippen LogP contribution in [-0.4, -0.2) is 239 Å². The summed E-state index contributed by atoms with van der Waals surface area (Å²) in [5.41, 5.74) is -1.89. The van der Waals surface area contributed by atoms with E-state index in [4.69, 9.17) is 37.9 Å². The van der Waals surface area contributed by atoms with Crippen LogP contribution in [0.15, 0.2) is 11.6 Å². The largest absolute Gasteiger partial charge is 0.432 e. The summed E-state index contributed by atoms with van der Waals surface area (Å²) < 4.78 is 46.6. The van der Waals surface area contributed by atoms with Crippen molar-refractivity contribution in [3.05, 3.63) is 11.6 Å². The number of carbonyl (C=O) groups is 2. The Kier molecular flexibility index (Phi) is 17.3. The second-order valence-electron chi connectivity index (χ2n) is 26.0. The molecule has 4 saturated carbocycles. The third-order valence-electron chi connectivity index (χ3n) is 21.4. The molecule has 24 nitrogen and oxygen atoms in total. The van der Waals surface area contributed by atoms with E-state index in [2.05, 4.69) is 40.7 Å². The van der Waals surface area contributed by atoms with E-state index in [0.717, 1.165) is 25.5 Å². The van der Waals surface area contributed by atoms with Crippen LogP contribution in [-0.2, 0) is 47.5 Å². The van der Waals surface area contributed by atoms with Gasteiger partial charge in [-0.05, 0) is 104 Å². The summed E-state index contributed by atoms with van der Waals surface area (Å²) in [6.07, 6.45) is -27.1. The monoisotopic (exact) mass is 1120 g/mol. The highest BCUT2D eigenvalue weighted by molar-refractivity contribution is 5.79. The summed E-state index contributed by atoms with van der Waals surface area (Å²) in [4.78, 5) is 28.2. The number of aliphatic hydroxyl groups is 14. The van der Waals surface area contributed by atoms with Crippen LogP contribution < -0.4 is 0 Å². The van der Waals surface area contributed by atoms with Gasteiger partial charge in [0.2, 0.25) is 6.29 Å². The lowest BCUT2D eigenvalue weighted by molar-refractivity contribution is -0.364. The van der Waals surface area contributed by atoms with Crippen molar-refractivity contribution in [2.75, 3.05) is 26.4 Å². The molecule has 0 amide bonds. The van der Waals surface area contributed by atoms with Gasteiger partial charge in [-0.1, -0.05) is 53.2 Å². The van der Waals surface area contributed by atoms with Gasteiger partial charge >= 0.3 is 5.97 Å². The maximum absolute atomic E-state index is 15.4. The molecule has 9 rings (SSSR count). The highest BCUT2D eigenvalue weighted by Gasteiger charge is 2.70. The van der Waals surface area contributed by atoms with E-state index in [9.17, 15) is 76.3 Å². The van der Waals surface area contributed by atoms with E-state index in [1.807, 2.05) is 6.92 Å². The van der Waals surface area contributed by atoms with Crippen molar-refractivity contribution in [1.29, 1.82) is 0 Å². The Morgan fingerprint density at radius 2 is 1.09 bits per heavy atom. The van der Waals surface area contributed by atoms with Gasteiger partial charge in [0.15, 0.2) is 18.9 Å². The second kappa shape index (κ2) is 22.2. The molecule has 0 bridgehead atoms. The summed E-state index contributed by atoms with van der Waals surface area (Å²) in [6.45, 7) is 10.2. The lowest BCUT2D eigenvalue weighted by atomic mass is 9.33. The molecule has 9 aliphatic rings. The van der Waals surface area contributed by atoms with Crippen molar-refractivity contribution in [1.82, 2.24) is 0 Å². The number of aliphatic hydroxyl groups excluding tert-OH is 14. The van der Waals surface area contributed by atoms with Crippen molar-refractivity contribution in [3.8, 4) is 0 Å². The molecule has 4 aliphatic heterocycles. The highest BCUT2D eigenvalue weighted by Crippen LogP contribution is 2.76. The SMILES string of the molecule is CC1(C)CC[C@]2(C(=O)O[C@@H]3O[C@H](CO[C@@H]4O[C@H](CO[C@H]5O[C@H](CO)[C@H](O)[C@H](O)[C@H]5O)[C@@H](O)[C@H](O)[C@H]4O)[C@@H](O)[C@H](O[C@@H]4O[C@H](CO)[C@@H](O)[C@H](O)[C@H]4O)[C@H]3O)CC[C@]3(C)C(=CC[C@@H]4[C@@]5(C)CC[C@H](O)[C@@](C)(C=O)[C@@H]5CC[C@]43C)[C@@H]2C1. The number of carbonyl (C=O) groups excluding carboxylic acids is 2. The lowest BCUT2D eigenvalue weighted by Gasteiger charge is -2.71. The molecule has 24 heteroatoms. The minimum absolute atomic E-state index is 0.0123. The number of hydrogen-bond donors (Lipinski definition) is 14. The maximum atomic E-state index is 15.4. The number of esters is 1. The molecule has 0 aromatic rings. The van der Waals surface area contributed by atoms with Crippen molar-refractivity contribution in [2.24, 2.45) is 50.2 Å². The number of allylic oxidation sites excluding steroid dienone is 2. The molecule has 78 heavy (non-hydrogen) atoms. The Balaban J connectivity index is 0.973. The Morgan fingerprint density at radius 1 is 0.577 bits per heavy atom.